The number of nitrogens with zero attached hydrogens (tertiary/aromatic N) is 2. The zero-order valence-corrected chi connectivity index (χ0v) is 23.6. The van der Waals surface area contributed by atoms with Crippen LogP contribution in [0, 0.1) is 11.8 Å². The fraction of sp³-hybridized carbons (Fsp3) is 0.406. The fourth-order valence-electron chi connectivity index (χ4n) is 6.73. The van der Waals surface area contributed by atoms with Crippen molar-refractivity contribution >= 4 is 35.1 Å². The van der Waals surface area contributed by atoms with Crippen LogP contribution in [0.25, 0.3) is 0 Å². The molecule has 3 fully saturated rings. The van der Waals surface area contributed by atoms with Crippen molar-refractivity contribution in [1.29, 1.82) is 0 Å². The molecule has 6 atom stereocenters. The van der Waals surface area contributed by atoms with E-state index in [9.17, 15) is 19.5 Å². The lowest BCUT2D eigenvalue weighted by Gasteiger charge is -2.39. The van der Waals surface area contributed by atoms with Gasteiger partial charge in [-0.3, -0.25) is 14.4 Å². The van der Waals surface area contributed by atoms with Gasteiger partial charge in [-0.2, -0.15) is 0 Å². The van der Waals surface area contributed by atoms with E-state index in [4.69, 9.17) is 21.1 Å². The van der Waals surface area contributed by atoms with Crippen molar-refractivity contribution in [3.63, 3.8) is 0 Å². The second kappa shape index (κ2) is 12.2. The van der Waals surface area contributed by atoms with Gasteiger partial charge in [-0.05, 0) is 55.5 Å². The number of fused-ring (bicyclic) bond motifs is 1. The minimum Gasteiger partial charge on any atom is -0.465 e. The zero-order valence-electron chi connectivity index (χ0n) is 22.9. The highest BCUT2D eigenvalue weighted by Crippen LogP contribution is 2.59. The molecule has 41 heavy (non-hydrogen) atoms. The Balaban J connectivity index is 1.57. The lowest BCUT2D eigenvalue weighted by molar-refractivity contribution is -0.155. The highest BCUT2D eigenvalue weighted by atomic mass is 35.5. The number of carbonyl (C=O) groups excluding carboxylic acids is 3. The molecular weight excluding hydrogens is 544 g/mol. The summed E-state index contributed by atoms with van der Waals surface area (Å²) in [5.74, 6) is -2.97. The molecule has 2 unspecified atom stereocenters. The number of anilines is 1. The molecule has 3 aliphatic heterocycles. The number of carbonyl (C=O) groups is 3. The molecule has 1 spiro atoms. The Hall–Kier alpha value is -3.46. The molecule has 0 aliphatic carbocycles. The molecule has 0 radical (unpaired) electrons. The van der Waals surface area contributed by atoms with E-state index in [0.29, 0.717) is 36.4 Å². The lowest BCUT2D eigenvalue weighted by Crippen LogP contribution is -2.59. The van der Waals surface area contributed by atoms with Gasteiger partial charge in [-0.25, -0.2) is 0 Å². The summed E-state index contributed by atoms with van der Waals surface area (Å²) in [5.41, 5.74) is 0.270. The van der Waals surface area contributed by atoms with E-state index in [1.54, 1.807) is 41.3 Å². The Kier molecular flexibility index (Phi) is 8.63. The van der Waals surface area contributed by atoms with E-state index < -0.39 is 41.6 Å². The Bertz CT molecular complexity index is 1300. The van der Waals surface area contributed by atoms with Crippen molar-refractivity contribution in [3.8, 4) is 0 Å². The molecule has 1 N–H and O–H groups in total. The van der Waals surface area contributed by atoms with Crippen LogP contribution in [0.3, 0.4) is 0 Å². The molecule has 8 nitrogen and oxygen atoms in total. The molecular formula is C32H35ClN2O6. The first-order valence-corrected chi connectivity index (χ1v) is 14.3. The van der Waals surface area contributed by atoms with Crippen LogP contribution in [-0.2, 0) is 30.3 Å². The second-order valence-corrected chi connectivity index (χ2v) is 11.2. The molecule has 3 heterocycles. The number of amides is 2. The van der Waals surface area contributed by atoms with Gasteiger partial charge in [0.2, 0.25) is 5.91 Å². The van der Waals surface area contributed by atoms with Crippen LogP contribution in [0.15, 0.2) is 79.9 Å². The number of esters is 1. The van der Waals surface area contributed by atoms with E-state index in [1.807, 2.05) is 30.3 Å². The average Bonchev–Trinajstić information content (AvgIpc) is 3.63. The van der Waals surface area contributed by atoms with Gasteiger partial charge < -0.3 is 24.4 Å². The third-order valence-electron chi connectivity index (χ3n) is 8.44. The van der Waals surface area contributed by atoms with E-state index in [2.05, 4.69) is 13.2 Å². The molecule has 2 amide bonds. The van der Waals surface area contributed by atoms with E-state index in [1.165, 1.54) is 4.90 Å². The summed E-state index contributed by atoms with van der Waals surface area (Å²) in [6.45, 7) is 7.47. The van der Waals surface area contributed by atoms with Crippen LogP contribution in [-0.4, -0.2) is 71.3 Å². The number of benzene rings is 2. The summed E-state index contributed by atoms with van der Waals surface area (Å²) >= 11 is 6.12. The number of hydrogen-bond donors (Lipinski definition) is 1. The second-order valence-electron chi connectivity index (χ2n) is 10.8. The van der Waals surface area contributed by atoms with Gasteiger partial charge in [0.25, 0.3) is 5.91 Å². The Morgan fingerprint density at radius 1 is 1.17 bits per heavy atom. The first-order chi connectivity index (χ1) is 19.9. The summed E-state index contributed by atoms with van der Waals surface area (Å²) < 4.78 is 12.0. The topological polar surface area (TPSA) is 96.4 Å². The molecule has 2 aromatic carbocycles. The van der Waals surface area contributed by atoms with Gasteiger partial charge in [0.15, 0.2) is 0 Å². The molecule has 2 bridgehead atoms. The zero-order chi connectivity index (χ0) is 29.1. The number of hydrogen-bond acceptors (Lipinski definition) is 6. The third-order valence-corrected chi connectivity index (χ3v) is 8.70. The predicted octanol–water partition coefficient (Wildman–Crippen LogP) is 3.96. The molecule has 216 valence electrons. The first kappa shape index (κ1) is 29.0. The number of aliphatic hydroxyl groups excluding tert-OH is 1. The summed E-state index contributed by atoms with van der Waals surface area (Å²) in [6.07, 6.45) is 4.52. The van der Waals surface area contributed by atoms with Gasteiger partial charge in [0, 0.05) is 17.3 Å². The highest BCUT2D eigenvalue weighted by Gasteiger charge is 2.75. The number of rotatable bonds is 12. The van der Waals surface area contributed by atoms with Crippen molar-refractivity contribution in [2.75, 3.05) is 24.7 Å². The van der Waals surface area contributed by atoms with Crippen molar-refractivity contribution < 1.29 is 29.0 Å². The summed E-state index contributed by atoms with van der Waals surface area (Å²) in [6, 6.07) is 14.6. The smallest absolute Gasteiger partial charge is 0.312 e. The fourth-order valence-corrected chi connectivity index (χ4v) is 6.85. The number of halogens is 1. The summed E-state index contributed by atoms with van der Waals surface area (Å²) in [7, 11) is 0. The van der Waals surface area contributed by atoms with Gasteiger partial charge >= 0.3 is 5.97 Å². The summed E-state index contributed by atoms with van der Waals surface area (Å²) in [5, 5.41) is 11.1. The van der Waals surface area contributed by atoms with E-state index in [-0.39, 0.29) is 31.6 Å². The minimum absolute atomic E-state index is 0.155. The normalized spacial score (nSPS) is 26.9. The van der Waals surface area contributed by atoms with Crippen molar-refractivity contribution in [1.82, 2.24) is 4.90 Å². The maximum Gasteiger partial charge on any atom is 0.312 e. The Morgan fingerprint density at radius 2 is 1.90 bits per heavy atom. The molecule has 3 aliphatic rings. The van der Waals surface area contributed by atoms with Crippen molar-refractivity contribution in [2.45, 2.75) is 49.5 Å². The minimum atomic E-state index is -1.23. The van der Waals surface area contributed by atoms with Crippen LogP contribution >= 0.6 is 11.6 Å². The molecule has 3 saturated heterocycles. The van der Waals surface area contributed by atoms with Crippen LogP contribution in [0.1, 0.15) is 24.8 Å². The van der Waals surface area contributed by atoms with Gasteiger partial charge in [-0.1, -0.05) is 54.1 Å². The highest BCUT2D eigenvalue weighted by molar-refractivity contribution is 6.30. The summed E-state index contributed by atoms with van der Waals surface area (Å²) in [4.78, 5) is 45.4. The van der Waals surface area contributed by atoms with Crippen LogP contribution < -0.4 is 4.90 Å². The van der Waals surface area contributed by atoms with Crippen molar-refractivity contribution in [3.05, 3.63) is 90.5 Å². The quantitative estimate of drug-likeness (QED) is 0.233. The number of likely N-dealkylation sites (tertiary alicyclic amines) is 1. The largest absolute Gasteiger partial charge is 0.465 e. The molecule has 0 aromatic heterocycles. The third kappa shape index (κ3) is 5.20. The molecule has 9 heteroatoms. The molecule has 0 saturated carbocycles. The van der Waals surface area contributed by atoms with Gasteiger partial charge in [0.05, 0.1) is 37.2 Å². The number of ether oxygens (including phenoxy) is 2. The van der Waals surface area contributed by atoms with Crippen molar-refractivity contribution in [2.24, 2.45) is 11.8 Å². The Labute approximate surface area is 245 Å². The Morgan fingerprint density at radius 3 is 2.56 bits per heavy atom. The maximum atomic E-state index is 14.6. The SMILES string of the molecule is C=CCCOC(=O)[C@@H]1[C@H]2C(=O)N([C@@H](CO)Cc3ccccc3)C(C(=O)N(CC=C)c3ccc(Cl)cc3)C23CC[C@H]1O3. The van der Waals surface area contributed by atoms with Crippen LogP contribution in [0.5, 0.6) is 0 Å². The van der Waals surface area contributed by atoms with E-state index >= 15 is 0 Å². The van der Waals surface area contributed by atoms with E-state index in [0.717, 1.165) is 5.56 Å². The van der Waals surface area contributed by atoms with Crippen LogP contribution in [0.2, 0.25) is 5.02 Å². The van der Waals surface area contributed by atoms with Gasteiger partial charge in [-0.15, -0.1) is 13.2 Å². The first-order valence-electron chi connectivity index (χ1n) is 14.0. The number of aliphatic hydroxyl groups is 1. The molecule has 2 aromatic rings. The monoisotopic (exact) mass is 578 g/mol. The molecule has 5 rings (SSSR count). The average molecular weight is 579 g/mol. The maximum absolute atomic E-state index is 14.6. The predicted molar refractivity (Wildman–Crippen MR) is 155 cm³/mol. The van der Waals surface area contributed by atoms with Crippen LogP contribution in [0.4, 0.5) is 5.69 Å². The van der Waals surface area contributed by atoms with Gasteiger partial charge in [0.1, 0.15) is 11.6 Å². The standard InChI is InChI=1S/C32H35ClN2O6/c1-3-5-18-40-31(39)26-25-15-16-32(41-25)27(26)29(37)35(24(20-36)19-21-9-7-6-8-10-21)28(32)30(38)34(17-4-2)23-13-11-22(33)12-14-23/h3-4,6-14,24-28,36H,1-2,5,15-20H2/t24-,25-,26+,27+,28?,32?/m1/s1. The lowest BCUT2D eigenvalue weighted by atomic mass is 9.70.